The van der Waals surface area contributed by atoms with Crippen molar-refractivity contribution < 1.29 is 10.5 Å². The van der Waals surface area contributed by atoms with Crippen molar-refractivity contribution in [1.82, 2.24) is 9.97 Å². The third kappa shape index (κ3) is 4.45. The summed E-state index contributed by atoms with van der Waals surface area (Å²) in [6.45, 7) is 9.07. The summed E-state index contributed by atoms with van der Waals surface area (Å²) in [6.07, 6.45) is 4.33. The second-order valence-corrected chi connectivity index (χ2v) is 9.26. The molecule has 2 aromatic rings. The van der Waals surface area contributed by atoms with E-state index in [0.29, 0.717) is 6.61 Å². The molecule has 0 unspecified atom stereocenters. The van der Waals surface area contributed by atoms with Crippen molar-refractivity contribution in [2.24, 2.45) is 0 Å². The Hall–Kier alpha value is -0.890. The lowest BCUT2D eigenvalue weighted by Gasteiger charge is -2.29. The van der Waals surface area contributed by atoms with Gasteiger partial charge in [0.1, 0.15) is 5.82 Å². The predicted molar refractivity (Wildman–Crippen MR) is 106 cm³/mol. The normalized spacial score (nSPS) is 16.2. The summed E-state index contributed by atoms with van der Waals surface area (Å²) in [5.41, 5.74) is 6.17. The first-order chi connectivity index (χ1) is 12.0. The molecule has 0 amide bonds. The Labute approximate surface area is 158 Å². The largest absolute Gasteiger partial charge is 0.370 e. The fraction of sp³-hybridized carbons (Fsp3) is 0.667. The van der Waals surface area contributed by atoms with Gasteiger partial charge in [0.25, 0.3) is 0 Å². The molecule has 0 fully saturated rings. The van der Waals surface area contributed by atoms with Crippen LogP contribution in [0, 0.1) is 0 Å². The molecule has 4 N–H and O–H groups in total. The van der Waals surface area contributed by atoms with Crippen LogP contribution in [-0.4, -0.2) is 34.4 Å². The number of nitrogens with one attached hydrogen (secondary N) is 1. The average molecular weight is 382 g/mol. The molecule has 138 valence electrons. The van der Waals surface area contributed by atoms with Crippen molar-refractivity contribution in [1.29, 1.82) is 0 Å². The van der Waals surface area contributed by atoms with Crippen LogP contribution in [0.25, 0.3) is 10.2 Å². The average Bonchev–Trinajstić information content (AvgIpc) is 2.93. The lowest BCUT2D eigenvalue weighted by molar-refractivity contribution is -0.368. The molecule has 0 saturated heterocycles. The van der Waals surface area contributed by atoms with Crippen molar-refractivity contribution >= 4 is 39.1 Å². The molecule has 0 saturated carbocycles. The number of thiophene rings is 1. The maximum Gasteiger partial charge on any atom is 0.190 e. The number of anilines is 1. The van der Waals surface area contributed by atoms with Gasteiger partial charge in [-0.05, 0) is 33.1 Å². The molecule has 2 aromatic heterocycles. The second kappa shape index (κ2) is 8.20. The smallest absolute Gasteiger partial charge is 0.190 e. The molecule has 0 spiro atoms. The van der Waals surface area contributed by atoms with E-state index in [1.807, 2.05) is 11.3 Å². The SMILES string of the molecule is CCCSc1nc(NCCCC[NH3+])c2sc3c(c2n1)COC(C)(C)C3. The number of rotatable bonds is 8. The topological polar surface area (TPSA) is 74.7 Å². The number of thioether (sulfide) groups is 1. The first-order valence-corrected chi connectivity index (χ1v) is 11.0. The van der Waals surface area contributed by atoms with Gasteiger partial charge < -0.3 is 15.8 Å². The van der Waals surface area contributed by atoms with Crippen molar-refractivity contribution in [2.75, 3.05) is 24.2 Å². The highest BCUT2D eigenvalue weighted by molar-refractivity contribution is 7.99. The van der Waals surface area contributed by atoms with E-state index < -0.39 is 0 Å². The molecule has 5 nitrogen and oxygen atoms in total. The van der Waals surface area contributed by atoms with E-state index in [9.17, 15) is 0 Å². The number of ether oxygens (including phenoxy) is 1. The molecule has 0 radical (unpaired) electrons. The monoisotopic (exact) mass is 381 g/mol. The summed E-state index contributed by atoms with van der Waals surface area (Å²) in [5.74, 6) is 2.03. The van der Waals surface area contributed by atoms with Crippen molar-refractivity contribution in [3.63, 3.8) is 0 Å². The number of fused-ring (bicyclic) bond motifs is 3. The Balaban J connectivity index is 1.95. The van der Waals surface area contributed by atoms with Gasteiger partial charge in [-0.1, -0.05) is 18.7 Å². The van der Waals surface area contributed by atoms with Crippen molar-refractivity contribution in [3.05, 3.63) is 10.4 Å². The summed E-state index contributed by atoms with van der Waals surface area (Å²) in [5, 5.41) is 4.42. The van der Waals surface area contributed by atoms with E-state index in [-0.39, 0.29) is 5.60 Å². The van der Waals surface area contributed by atoms with Crippen LogP contribution < -0.4 is 11.1 Å². The first-order valence-electron chi connectivity index (χ1n) is 9.16. The van der Waals surface area contributed by atoms with Gasteiger partial charge in [-0.15, -0.1) is 11.3 Å². The molecule has 0 aliphatic carbocycles. The van der Waals surface area contributed by atoms with E-state index in [1.165, 1.54) is 15.1 Å². The summed E-state index contributed by atoms with van der Waals surface area (Å²) in [4.78, 5) is 11.1. The molecule has 0 bridgehead atoms. The van der Waals surface area contributed by atoms with Gasteiger partial charge in [-0.25, -0.2) is 9.97 Å². The Kier molecular flexibility index (Phi) is 6.20. The number of unbranched alkanes of at least 4 members (excludes halogenated alkanes) is 1. The fourth-order valence-corrected chi connectivity index (χ4v) is 5.05. The Morgan fingerprint density at radius 2 is 2.16 bits per heavy atom. The van der Waals surface area contributed by atoms with Gasteiger partial charge >= 0.3 is 0 Å². The lowest BCUT2D eigenvalue weighted by atomic mass is 9.98. The third-order valence-electron chi connectivity index (χ3n) is 4.29. The Bertz CT molecular complexity index is 729. The zero-order valence-corrected chi connectivity index (χ0v) is 17.1. The number of nitrogens with zero attached hydrogens (tertiary/aromatic N) is 2. The quantitative estimate of drug-likeness (QED) is 0.416. The standard InChI is InChI=1S/C18H28N4OS2/c1-4-9-24-17-21-14-12-11-23-18(2,3)10-13(12)25-15(14)16(22-17)20-8-6-5-7-19/h4-11,19H2,1-3H3,(H,20,21,22)/p+1. The van der Waals surface area contributed by atoms with Crippen LogP contribution in [0.15, 0.2) is 5.16 Å². The van der Waals surface area contributed by atoms with Gasteiger partial charge in [-0.2, -0.15) is 0 Å². The van der Waals surface area contributed by atoms with Gasteiger partial charge in [0.05, 0.1) is 29.0 Å². The van der Waals surface area contributed by atoms with Crippen molar-refractivity contribution in [2.45, 2.75) is 63.8 Å². The zero-order chi connectivity index (χ0) is 17.9. The van der Waals surface area contributed by atoms with Gasteiger partial charge in [0.2, 0.25) is 0 Å². The molecule has 3 heterocycles. The Morgan fingerprint density at radius 3 is 2.92 bits per heavy atom. The minimum Gasteiger partial charge on any atom is -0.370 e. The third-order valence-corrected chi connectivity index (χ3v) is 6.57. The number of aromatic nitrogens is 2. The maximum atomic E-state index is 6.04. The van der Waals surface area contributed by atoms with Crippen LogP contribution in [-0.2, 0) is 17.8 Å². The maximum absolute atomic E-state index is 6.04. The molecule has 7 heteroatoms. The molecule has 0 aromatic carbocycles. The summed E-state index contributed by atoms with van der Waals surface area (Å²) in [7, 11) is 0. The number of hydrogen-bond acceptors (Lipinski definition) is 6. The Morgan fingerprint density at radius 1 is 1.32 bits per heavy atom. The molecular formula is C18H29N4OS2+. The van der Waals surface area contributed by atoms with E-state index in [0.717, 1.165) is 61.0 Å². The summed E-state index contributed by atoms with van der Waals surface area (Å²) < 4.78 is 7.23. The summed E-state index contributed by atoms with van der Waals surface area (Å²) >= 11 is 3.57. The molecule has 1 aliphatic rings. The number of hydrogen-bond donors (Lipinski definition) is 2. The predicted octanol–water partition coefficient (Wildman–Crippen LogP) is 3.48. The van der Waals surface area contributed by atoms with Crippen LogP contribution in [0.4, 0.5) is 5.82 Å². The number of quaternary nitrogens is 1. The molecule has 25 heavy (non-hydrogen) atoms. The highest BCUT2D eigenvalue weighted by Crippen LogP contribution is 2.41. The molecule has 1 aliphatic heterocycles. The van der Waals surface area contributed by atoms with Gasteiger partial charge in [0.15, 0.2) is 5.16 Å². The molecule has 3 rings (SSSR count). The minimum atomic E-state index is -0.0944. The summed E-state index contributed by atoms with van der Waals surface area (Å²) in [6, 6.07) is 0. The highest BCUT2D eigenvalue weighted by Gasteiger charge is 2.30. The van der Waals surface area contributed by atoms with E-state index in [4.69, 9.17) is 14.7 Å². The van der Waals surface area contributed by atoms with E-state index >= 15 is 0 Å². The van der Waals surface area contributed by atoms with E-state index in [1.54, 1.807) is 11.8 Å². The lowest BCUT2D eigenvalue weighted by Crippen LogP contribution is -2.50. The van der Waals surface area contributed by atoms with Crippen LogP contribution in [0.3, 0.4) is 0 Å². The van der Waals surface area contributed by atoms with E-state index in [2.05, 4.69) is 31.8 Å². The van der Waals surface area contributed by atoms with Crippen LogP contribution in [0.5, 0.6) is 0 Å². The van der Waals surface area contributed by atoms with Gasteiger partial charge in [-0.3, -0.25) is 0 Å². The van der Waals surface area contributed by atoms with Crippen LogP contribution in [0.2, 0.25) is 0 Å². The van der Waals surface area contributed by atoms with Crippen LogP contribution >= 0.6 is 23.1 Å². The molecular weight excluding hydrogens is 352 g/mol. The second-order valence-electron chi connectivity index (χ2n) is 7.10. The fourth-order valence-electron chi connectivity index (χ4n) is 2.93. The molecule has 0 atom stereocenters. The zero-order valence-electron chi connectivity index (χ0n) is 15.5. The first kappa shape index (κ1) is 18.9. The van der Waals surface area contributed by atoms with Gasteiger partial charge in [0, 0.05) is 29.2 Å². The minimum absolute atomic E-state index is 0.0944. The van der Waals surface area contributed by atoms with Crippen molar-refractivity contribution in [3.8, 4) is 0 Å². The van der Waals surface area contributed by atoms with Crippen LogP contribution in [0.1, 0.15) is 50.5 Å². The highest BCUT2D eigenvalue weighted by atomic mass is 32.2.